The molecule has 0 radical (unpaired) electrons. The number of nitrogens with one attached hydrogen (secondary N) is 2. The average molecular weight is 351 g/mol. The second-order valence-corrected chi connectivity index (χ2v) is 6.85. The van der Waals surface area contributed by atoms with E-state index >= 15 is 0 Å². The molecule has 4 rings (SSSR count). The van der Waals surface area contributed by atoms with Gasteiger partial charge in [0.2, 0.25) is 5.91 Å². The lowest BCUT2D eigenvalue weighted by atomic mass is 10.0. The summed E-state index contributed by atoms with van der Waals surface area (Å²) in [5.74, 6) is 0.982. The van der Waals surface area contributed by atoms with Crippen molar-refractivity contribution in [1.82, 2.24) is 10.2 Å². The summed E-state index contributed by atoms with van der Waals surface area (Å²) in [6.45, 7) is 4.53. The Kier molecular flexibility index (Phi) is 5.18. The third-order valence-corrected chi connectivity index (χ3v) is 5.18. The maximum absolute atomic E-state index is 11.6. The number of nitrogens with zero attached hydrogens (tertiary/aromatic N) is 1. The molecule has 5 heteroatoms. The number of ether oxygens (including phenoxy) is 1. The lowest BCUT2D eigenvalue weighted by molar-refractivity contribution is -0.116. The predicted octanol–water partition coefficient (Wildman–Crippen LogP) is 2.60. The van der Waals surface area contributed by atoms with E-state index in [9.17, 15) is 4.79 Å². The van der Waals surface area contributed by atoms with Crippen LogP contribution >= 0.6 is 0 Å². The van der Waals surface area contributed by atoms with Gasteiger partial charge >= 0.3 is 0 Å². The van der Waals surface area contributed by atoms with E-state index < -0.39 is 0 Å². The van der Waals surface area contributed by atoms with Crippen molar-refractivity contribution in [3.05, 3.63) is 59.7 Å². The number of carbonyl (C=O) groups excluding carboxylic acids is 1. The largest absolute Gasteiger partial charge is 0.492 e. The van der Waals surface area contributed by atoms with Gasteiger partial charge in [-0.25, -0.2) is 0 Å². The fraction of sp³-hybridized carbons (Fsp3) is 0.381. The molecule has 2 aromatic rings. The van der Waals surface area contributed by atoms with Gasteiger partial charge in [0, 0.05) is 49.9 Å². The van der Waals surface area contributed by atoms with Crippen molar-refractivity contribution in [2.45, 2.75) is 18.9 Å². The molecule has 1 atom stereocenters. The molecule has 26 heavy (non-hydrogen) atoms. The Bertz CT molecular complexity index is 763. The number of piperazine rings is 1. The first-order chi connectivity index (χ1) is 12.8. The van der Waals surface area contributed by atoms with Gasteiger partial charge in [0.1, 0.15) is 12.4 Å². The maximum Gasteiger partial charge on any atom is 0.224 e. The monoisotopic (exact) mass is 351 g/mol. The summed E-state index contributed by atoms with van der Waals surface area (Å²) in [7, 11) is 0. The summed E-state index contributed by atoms with van der Waals surface area (Å²) in [6, 6.07) is 16.9. The molecular weight excluding hydrogens is 326 g/mol. The smallest absolute Gasteiger partial charge is 0.224 e. The maximum atomic E-state index is 11.6. The molecule has 2 aromatic carbocycles. The van der Waals surface area contributed by atoms with Crippen LogP contribution in [0.15, 0.2) is 48.5 Å². The Morgan fingerprint density at radius 1 is 1.08 bits per heavy atom. The van der Waals surface area contributed by atoms with Crippen LogP contribution in [0.2, 0.25) is 0 Å². The van der Waals surface area contributed by atoms with Crippen LogP contribution in [0.1, 0.15) is 23.6 Å². The first-order valence-corrected chi connectivity index (χ1v) is 9.35. The van der Waals surface area contributed by atoms with Gasteiger partial charge in [-0.2, -0.15) is 0 Å². The molecule has 5 nitrogen and oxygen atoms in total. The van der Waals surface area contributed by atoms with E-state index in [2.05, 4.69) is 45.9 Å². The molecule has 1 fully saturated rings. The molecular formula is C21H25N3O2. The molecule has 0 saturated carbocycles. The Hall–Kier alpha value is -2.37. The first-order valence-electron chi connectivity index (χ1n) is 9.35. The Labute approximate surface area is 154 Å². The molecule has 136 valence electrons. The number of benzene rings is 2. The first kappa shape index (κ1) is 17.1. The Balaban J connectivity index is 1.40. The Morgan fingerprint density at radius 3 is 2.85 bits per heavy atom. The molecule has 1 amide bonds. The number of hydrogen-bond donors (Lipinski definition) is 2. The summed E-state index contributed by atoms with van der Waals surface area (Å²) in [6.07, 6.45) is 1.28. The van der Waals surface area contributed by atoms with Crippen LogP contribution in [-0.2, 0) is 11.2 Å². The molecule has 0 spiro atoms. The highest BCUT2D eigenvalue weighted by Crippen LogP contribution is 2.31. The van der Waals surface area contributed by atoms with Gasteiger partial charge in [-0.1, -0.05) is 36.4 Å². The van der Waals surface area contributed by atoms with Crippen molar-refractivity contribution < 1.29 is 9.53 Å². The van der Waals surface area contributed by atoms with Crippen molar-refractivity contribution >= 4 is 11.6 Å². The Morgan fingerprint density at radius 2 is 1.96 bits per heavy atom. The minimum Gasteiger partial charge on any atom is -0.492 e. The quantitative estimate of drug-likeness (QED) is 0.869. The van der Waals surface area contributed by atoms with Gasteiger partial charge in [-0.15, -0.1) is 0 Å². The average Bonchev–Trinajstić information content (AvgIpc) is 2.69. The van der Waals surface area contributed by atoms with E-state index in [1.54, 1.807) is 0 Å². The van der Waals surface area contributed by atoms with E-state index in [0.29, 0.717) is 19.1 Å². The van der Waals surface area contributed by atoms with Crippen molar-refractivity contribution in [1.29, 1.82) is 0 Å². The molecule has 0 bridgehead atoms. The number of carbonyl (C=O) groups is 1. The molecule has 2 aliphatic rings. The zero-order valence-electron chi connectivity index (χ0n) is 14.9. The molecule has 2 heterocycles. The second-order valence-electron chi connectivity index (χ2n) is 6.85. The van der Waals surface area contributed by atoms with Crippen LogP contribution in [0.25, 0.3) is 0 Å². The van der Waals surface area contributed by atoms with Crippen molar-refractivity contribution in [3.8, 4) is 5.75 Å². The summed E-state index contributed by atoms with van der Waals surface area (Å²) in [4.78, 5) is 14.1. The van der Waals surface area contributed by atoms with Crippen molar-refractivity contribution in [2.75, 3.05) is 38.1 Å². The van der Waals surface area contributed by atoms with Crippen LogP contribution in [0.4, 0.5) is 5.69 Å². The molecule has 1 saturated heterocycles. The normalized spacial score (nSPS) is 20.3. The predicted molar refractivity (Wildman–Crippen MR) is 103 cm³/mol. The molecule has 2 aliphatic heterocycles. The number of hydrogen-bond acceptors (Lipinski definition) is 4. The van der Waals surface area contributed by atoms with Gasteiger partial charge in [-0.05, 0) is 24.1 Å². The number of fused-ring (bicyclic) bond motifs is 1. The van der Waals surface area contributed by atoms with Gasteiger partial charge < -0.3 is 15.4 Å². The third kappa shape index (κ3) is 3.74. The second kappa shape index (κ2) is 7.89. The van der Waals surface area contributed by atoms with Gasteiger partial charge in [-0.3, -0.25) is 9.69 Å². The topological polar surface area (TPSA) is 53.6 Å². The van der Waals surface area contributed by atoms with Gasteiger partial charge in [0.05, 0.1) is 0 Å². The summed E-state index contributed by atoms with van der Waals surface area (Å²) >= 11 is 0. The fourth-order valence-electron chi connectivity index (χ4n) is 3.82. The summed E-state index contributed by atoms with van der Waals surface area (Å²) < 4.78 is 6.11. The zero-order valence-corrected chi connectivity index (χ0v) is 14.9. The number of rotatable bonds is 5. The summed E-state index contributed by atoms with van der Waals surface area (Å²) in [5, 5.41) is 6.42. The van der Waals surface area contributed by atoms with E-state index in [0.717, 1.165) is 49.6 Å². The van der Waals surface area contributed by atoms with Crippen LogP contribution < -0.4 is 15.4 Å². The molecule has 0 aromatic heterocycles. The number of anilines is 1. The fourth-order valence-corrected chi connectivity index (χ4v) is 3.82. The van der Waals surface area contributed by atoms with Crippen molar-refractivity contribution in [3.63, 3.8) is 0 Å². The molecule has 2 N–H and O–H groups in total. The minimum atomic E-state index is 0.0844. The lowest BCUT2D eigenvalue weighted by Gasteiger charge is -2.36. The van der Waals surface area contributed by atoms with Crippen LogP contribution in [0, 0.1) is 0 Å². The van der Waals surface area contributed by atoms with E-state index in [-0.39, 0.29) is 5.91 Å². The standard InChI is InChI=1S/C21H25N3O2/c25-21-10-9-17-18(23-21)7-4-8-20(17)26-14-13-24-12-11-22-15-19(24)16-5-2-1-3-6-16/h1-8,19,22H,9-15H2,(H,23,25). The van der Waals surface area contributed by atoms with E-state index in [1.165, 1.54) is 5.56 Å². The lowest BCUT2D eigenvalue weighted by Crippen LogP contribution is -2.47. The third-order valence-electron chi connectivity index (χ3n) is 5.18. The SMILES string of the molecule is O=C1CCc2c(cccc2OCCN2CCNCC2c2ccccc2)N1. The highest BCUT2D eigenvalue weighted by atomic mass is 16.5. The summed E-state index contributed by atoms with van der Waals surface area (Å²) in [5.41, 5.74) is 3.36. The van der Waals surface area contributed by atoms with E-state index in [1.807, 2.05) is 18.2 Å². The van der Waals surface area contributed by atoms with Crippen LogP contribution in [-0.4, -0.2) is 43.6 Å². The number of amides is 1. The zero-order chi connectivity index (χ0) is 17.8. The van der Waals surface area contributed by atoms with Crippen LogP contribution in [0.5, 0.6) is 5.75 Å². The minimum absolute atomic E-state index is 0.0844. The van der Waals surface area contributed by atoms with Crippen molar-refractivity contribution in [2.24, 2.45) is 0 Å². The van der Waals surface area contributed by atoms with Crippen LogP contribution in [0.3, 0.4) is 0 Å². The molecule has 1 unspecified atom stereocenters. The highest BCUT2D eigenvalue weighted by molar-refractivity contribution is 5.94. The van der Waals surface area contributed by atoms with E-state index in [4.69, 9.17) is 4.74 Å². The highest BCUT2D eigenvalue weighted by Gasteiger charge is 2.24. The van der Waals surface area contributed by atoms with Gasteiger partial charge in [0.25, 0.3) is 0 Å². The van der Waals surface area contributed by atoms with Gasteiger partial charge in [0.15, 0.2) is 0 Å². The molecule has 0 aliphatic carbocycles.